The van der Waals surface area contributed by atoms with E-state index in [4.69, 9.17) is 34.0 Å². The number of nitrogens with two attached hydrogens (primary N) is 1. The van der Waals surface area contributed by atoms with Crippen LogP contribution in [0.5, 0.6) is 0 Å². The number of rotatable bonds is 4. The van der Waals surface area contributed by atoms with Crippen molar-refractivity contribution in [3.05, 3.63) is 27.7 Å². The van der Waals surface area contributed by atoms with E-state index < -0.39 is 18.5 Å². The summed E-state index contributed by atoms with van der Waals surface area (Å²) >= 11 is 11.4. The Morgan fingerprint density at radius 1 is 1.35 bits per heavy atom. The van der Waals surface area contributed by atoms with Crippen molar-refractivity contribution in [2.45, 2.75) is 0 Å². The molecule has 92 valence electrons. The summed E-state index contributed by atoms with van der Waals surface area (Å²) in [5.74, 6) is -1.88. The van der Waals surface area contributed by atoms with Crippen LogP contribution in [0.3, 0.4) is 0 Å². The van der Waals surface area contributed by atoms with Crippen LogP contribution in [0.25, 0.3) is 0 Å². The molecule has 0 spiro atoms. The number of carboxylic acid groups (broad SMARTS) is 1. The molecule has 0 aromatic heterocycles. The summed E-state index contributed by atoms with van der Waals surface area (Å²) in [5, 5.41) is 8.54. The number of hydrogen-bond donors (Lipinski definition) is 3. The van der Waals surface area contributed by atoms with Gasteiger partial charge in [-0.15, -0.1) is 0 Å². The molecule has 0 heterocycles. The van der Waals surface area contributed by atoms with Crippen LogP contribution in [-0.2, 0) is 9.63 Å². The molecule has 4 N–H and O–H groups in total. The highest BCUT2D eigenvalue weighted by atomic mass is 35.5. The van der Waals surface area contributed by atoms with Crippen molar-refractivity contribution < 1.29 is 19.5 Å². The molecule has 6 nitrogen and oxygen atoms in total. The summed E-state index contributed by atoms with van der Waals surface area (Å²) in [6.07, 6.45) is 0. The molecule has 0 aliphatic carbocycles. The number of anilines is 1. The van der Waals surface area contributed by atoms with E-state index in [9.17, 15) is 9.59 Å². The monoisotopic (exact) mass is 278 g/mol. The Morgan fingerprint density at radius 3 is 2.35 bits per heavy atom. The fourth-order valence-corrected chi connectivity index (χ4v) is 1.42. The van der Waals surface area contributed by atoms with Gasteiger partial charge in [0.15, 0.2) is 6.61 Å². The largest absolute Gasteiger partial charge is 0.479 e. The minimum Gasteiger partial charge on any atom is -0.479 e. The average Bonchev–Trinajstić information content (AvgIpc) is 2.24. The van der Waals surface area contributed by atoms with Crippen LogP contribution in [0.15, 0.2) is 12.1 Å². The molecule has 1 aromatic carbocycles. The molecule has 0 bridgehead atoms. The Morgan fingerprint density at radius 2 is 1.88 bits per heavy atom. The van der Waals surface area contributed by atoms with Crippen LogP contribution in [0.2, 0.25) is 10.0 Å². The lowest BCUT2D eigenvalue weighted by Gasteiger charge is -2.06. The lowest BCUT2D eigenvalue weighted by molar-refractivity contribution is -0.144. The van der Waals surface area contributed by atoms with Crippen LogP contribution in [0, 0.1) is 0 Å². The predicted molar refractivity (Wildman–Crippen MR) is 61.9 cm³/mol. The van der Waals surface area contributed by atoms with Gasteiger partial charge in [-0.3, -0.25) is 9.63 Å². The van der Waals surface area contributed by atoms with Crippen molar-refractivity contribution >= 4 is 40.8 Å². The fraction of sp³-hybridized carbons (Fsp3) is 0.111. The number of carboxylic acids is 1. The van der Waals surface area contributed by atoms with Gasteiger partial charge in [0.1, 0.15) is 0 Å². The summed E-state index contributed by atoms with van der Waals surface area (Å²) in [4.78, 5) is 26.0. The zero-order chi connectivity index (χ0) is 13.0. The van der Waals surface area contributed by atoms with E-state index in [1.54, 1.807) is 0 Å². The normalized spacial score (nSPS) is 10.0. The third-order valence-corrected chi connectivity index (χ3v) is 2.33. The fourth-order valence-electron chi connectivity index (χ4n) is 0.938. The van der Waals surface area contributed by atoms with Crippen molar-refractivity contribution in [3.8, 4) is 0 Å². The van der Waals surface area contributed by atoms with Crippen molar-refractivity contribution in [2.75, 3.05) is 12.3 Å². The van der Waals surface area contributed by atoms with Crippen LogP contribution in [0.4, 0.5) is 5.69 Å². The Labute approximate surface area is 106 Å². The third kappa shape index (κ3) is 3.77. The van der Waals surface area contributed by atoms with Crippen molar-refractivity contribution in [3.63, 3.8) is 0 Å². The number of aliphatic carboxylic acids is 1. The minimum absolute atomic E-state index is 0.111. The van der Waals surface area contributed by atoms with Crippen LogP contribution in [-0.4, -0.2) is 23.6 Å². The number of halogens is 2. The standard InChI is InChI=1S/C9H8Cl2N2O4/c10-5-1-4(2-6(11)8(5)12)9(16)13-17-3-7(14)15/h1-2H,3,12H2,(H,13,16)(H,14,15). The first-order valence-corrected chi connectivity index (χ1v) is 5.06. The zero-order valence-electron chi connectivity index (χ0n) is 8.37. The molecule has 0 unspecified atom stereocenters. The molecule has 0 saturated heterocycles. The van der Waals surface area contributed by atoms with Gasteiger partial charge in [-0.1, -0.05) is 23.2 Å². The van der Waals surface area contributed by atoms with E-state index in [-0.39, 0.29) is 21.3 Å². The Kier molecular flexibility index (Phi) is 4.56. The molecule has 1 amide bonds. The molecule has 1 rings (SSSR count). The topological polar surface area (TPSA) is 102 Å². The second-order valence-corrected chi connectivity index (χ2v) is 3.78. The van der Waals surface area contributed by atoms with Gasteiger partial charge in [-0.25, -0.2) is 10.3 Å². The lowest BCUT2D eigenvalue weighted by Crippen LogP contribution is -2.26. The summed E-state index contributed by atoms with van der Waals surface area (Å²) in [6, 6.07) is 2.59. The van der Waals surface area contributed by atoms with Crippen molar-refractivity contribution in [1.82, 2.24) is 5.48 Å². The van der Waals surface area contributed by atoms with Gasteiger partial charge >= 0.3 is 5.97 Å². The molecule has 1 aromatic rings. The number of nitrogens with one attached hydrogen (secondary N) is 1. The molecule has 8 heteroatoms. The molecule has 0 fully saturated rings. The summed E-state index contributed by atoms with van der Waals surface area (Å²) in [5.41, 5.74) is 7.69. The maximum atomic E-state index is 11.5. The van der Waals surface area contributed by atoms with Gasteiger partial charge in [0.25, 0.3) is 5.91 Å². The van der Waals surface area contributed by atoms with E-state index in [1.165, 1.54) is 12.1 Å². The number of benzene rings is 1. The minimum atomic E-state index is -1.21. The van der Waals surface area contributed by atoms with E-state index in [2.05, 4.69) is 4.84 Å². The number of hydrogen-bond acceptors (Lipinski definition) is 4. The first-order valence-electron chi connectivity index (χ1n) is 4.30. The average molecular weight is 279 g/mol. The van der Waals surface area contributed by atoms with E-state index in [0.717, 1.165) is 0 Å². The van der Waals surface area contributed by atoms with Crippen molar-refractivity contribution in [2.24, 2.45) is 0 Å². The maximum Gasteiger partial charge on any atom is 0.332 e. The van der Waals surface area contributed by atoms with Crippen LogP contribution >= 0.6 is 23.2 Å². The van der Waals surface area contributed by atoms with Crippen molar-refractivity contribution in [1.29, 1.82) is 0 Å². The van der Waals surface area contributed by atoms with Gasteiger partial charge < -0.3 is 10.8 Å². The lowest BCUT2D eigenvalue weighted by atomic mass is 10.2. The Bertz CT molecular complexity index is 441. The van der Waals surface area contributed by atoms with E-state index in [0.29, 0.717) is 0 Å². The number of carbonyl (C=O) groups excluding carboxylic acids is 1. The van der Waals surface area contributed by atoms with E-state index in [1.807, 2.05) is 5.48 Å². The second-order valence-electron chi connectivity index (χ2n) is 2.97. The molecule has 0 aliphatic heterocycles. The molecular weight excluding hydrogens is 271 g/mol. The van der Waals surface area contributed by atoms with E-state index >= 15 is 0 Å². The first-order chi connectivity index (χ1) is 7.91. The highest BCUT2D eigenvalue weighted by Crippen LogP contribution is 2.28. The highest BCUT2D eigenvalue weighted by molar-refractivity contribution is 6.39. The van der Waals surface area contributed by atoms with Gasteiger partial charge in [0.05, 0.1) is 15.7 Å². The second kappa shape index (κ2) is 5.72. The number of hydroxylamine groups is 1. The first kappa shape index (κ1) is 13.6. The summed E-state index contributed by atoms with van der Waals surface area (Å²) in [7, 11) is 0. The smallest absolute Gasteiger partial charge is 0.332 e. The Hall–Kier alpha value is -1.50. The van der Waals surface area contributed by atoms with Gasteiger partial charge in [0, 0.05) is 5.56 Å². The number of carbonyl (C=O) groups is 2. The van der Waals surface area contributed by atoms with Gasteiger partial charge in [-0.05, 0) is 12.1 Å². The molecule has 0 aliphatic rings. The molecule has 0 saturated carbocycles. The SMILES string of the molecule is Nc1c(Cl)cc(C(=O)NOCC(=O)O)cc1Cl. The molecule has 0 radical (unpaired) electrons. The van der Waals surface area contributed by atoms with Gasteiger partial charge in [-0.2, -0.15) is 0 Å². The number of nitrogen functional groups attached to an aromatic ring is 1. The van der Waals surface area contributed by atoms with Gasteiger partial charge in [0.2, 0.25) is 0 Å². The number of amides is 1. The van der Waals surface area contributed by atoms with Crippen LogP contribution in [0.1, 0.15) is 10.4 Å². The molecule has 17 heavy (non-hydrogen) atoms. The highest BCUT2D eigenvalue weighted by Gasteiger charge is 2.11. The predicted octanol–water partition coefficient (Wildman–Crippen LogP) is 1.32. The molecule has 0 atom stereocenters. The molecular formula is C9H8Cl2N2O4. The summed E-state index contributed by atoms with van der Waals surface area (Å²) < 4.78 is 0. The summed E-state index contributed by atoms with van der Waals surface area (Å²) in [6.45, 7) is -0.651. The van der Waals surface area contributed by atoms with Crippen LogP contribution < -0.4 is 11.2 Å². The third-order valence-electron chi connectivity index (χ3n) is 1.70. The maximum absolute atomic E-state index is 11.5. The zero-order valence-corrected chi connectivity index (χ0v) is 9.88. The Balaban J connectivity index is 2.73. The quantitative estimate of drug-likeness (QED) is 0.570.